The smallest absolute Gasteiger partial charge is 0.210 e. The molecule has 0 unspecified atom stereocenters. The van der Waals surface area contributed by atoms with Crippen molar-refractivity contribution < 1.29 is 4.42 Å². The van der Waals surface area contributed by atoms with E-state index in [1.54, 1.807) is 11.1 Å². The number of hydrogen-bond acceptors (Lipinski definition) is 7. The highest BCUT2D eigenvalue weighted by molar-refractivity contribution is 9.10. The summed E-state index contributed by atoms with van der Waals surface area (Å²) in [6, 6.07) is 15.5. The van der Waals surface area contributed by atoms with E-state index in [0.717, 1.165) is 42.0 Å². The van der Waals surface area contributed by atoms with Gasteiger partial charge >= 0.3 is 0 Å². The molecule has 1 aromatic carbocycles. The average Bonchev–Trinajstić information content (AvgIpc) is 3.46. The number of hydrogen-bond donors (Lipinski definition) is 1. The van der Waals surface area contributed by atoms with Crippen molar-refractivity contribution in [3.63, 3.8) is 0 Å². The molecule has 8 heteroatoms. The number of furan rings is 1. The van der Waals surface area contributed by atoms with Gasteiger partial charge in [-0.3, -0.25) is 0 Å². The first-order chi connectivity index (χ1) is 14.1. The second-order valence-corrected chi connectivity index (χ2v) is 7.78. The highest BCUT2D eigenvalue weighted by Gasteiger charge is 2.37. The van der Waals surface area contributed by atoms with Gasteiger partial charge in [0, 0.05) is 25.2 Å². The van der Waals surface area contributed by atoms with Crippen LogP contribution >= 0.6 is 15.9 Å². The minimum absolute atomic E-state index is 0.264. The average molecular weight is 451 g/mol. The number of nitriles is 2. The maximum Gasteiger partial charge on any atom is 0.210 e. The Balaban J connectivity index is 1.68. The molecule has 0 amide bonds. The number of nitrogens with two attached hydrogens (primary N) is 1. The molecule has 2 aliphatic heterocycles. The quantitative estimate of drug-likeness (QED) is 0.708. The van der Waals surface area contributed by atoms with Gasteiger partial charge in [-0.05, 0) is 40.9 Å². The van der Waals surface area contributed by atoms with Crippen molar-refractivity contribution in [1.29, 1.82) is 10.5 Å². The van der Waals surface area contributed by atoms with Gasteiger partial charge in [0.05, 0.1) is 27.5 Å². The molecule has 2 atom stereocenters. The maximum atomic E-state index is 9.76. The molecule has 4 rings (SSSR count). The van der Waals surface area contributed by atoms with E-state index in [4.69, 9.17) is 10.2 Å². The zero-order chi connectivity index (χ0) is 20.4. The molecule has 29 heavy (non-hydrogen) atoms. The highest BCUT2D eigenvalue weighted by Crippen LogP contribution is 2.34. The second kappa shape index (κ2) is 8.12. The zero-order valence-corrected chi connectivity index (χ0v) is 17.2. The highest BCUT2D eigenvalue weighted by atomic mass is 79.9. The lowest BCUT2D eigenvalue weighted by atomic mass is 9.96. The number of benzene rings is 1. The van der Waals surface area contributed by atoms with Crippen LogP contribution in [0, 0.1) is 28.6 Å². The van der Waals surface area contributed by atoms with Crippen molar-refractivity contribution in [2.24, 2.45) is 16.8 Å². The fraction of sp³-hybridized carbons (Fsp3) is 0.286. The Morgan fingerprint density at radius 1 is 1.24 bits per heavy atom. The number of para-hydroxylation sites is 1. The molecule has 2 aliphatic rings. The first-order valence-electron chi connectivity index (χ1n) is 9.37. The van der Waals surface area contributed by atoms with Gasteiger partial charge in [0.15, 0.2) is 0 Å². The first-order valence-corrected chi connectivity index (χ1v) is 10.2. The lowest BCUT2D eigenvalue weighted by molar-refractivity contribution is 0.546. The fourth-order valence-electron chi connectivity index (χ4n) is 3.61. The van der Waals surface area contributed by atoms with Gasteiger partial charge in [-0.15, -0.1) is 0 Å². The van der Waals surface area contributed by atoms with Crippen LogP contribution in [-0.2, 0) is 0 Å². The molecule has 7 nitrogen and oxygen atoms in total. The normalized spacial score (nSPS) is 21.8. The summed E-state index contributed by atoms with van der Waals surface area (Å²) < 4.78 is 6.81. The second-order valence-electron chi connectivity index (χ2n) is 6.93. The third kappa shape index (κ3) is 3.65. The number of anilines is 2. The molecule has 0 aliphatic carbocycles. The molecular weight excluding hydrogens is 432 g/mol. The Morgan fingerprint density at radius 3 is 2.62 bits per heavy atom. The van der Waals surface area contributed by atoms with Gasteiger partial charge in [0.25, 0.3) is 0 Å². The maximum absolute atomic E-state index is 9.76. The predicted molar refractivity (Wildman–Crippen MR) is 115 cm³/mol. The summed E-state index contributed by atoms with van der Waals surface area (Å²) in [7, 11) is 0. The molecule has 1 saturated heterocycles. The van der Waals surface area contributed by atoms with Gasteiger partial charge in [0.1, 0.15) is 23.9 Å². The number of rotatable bonds is 4. The molecule has 0 spiro atoms. The molecule has 2 N–H and O–H groups in total. The number of hydrazone groups is 1. The molecule has 2 aromatic rings. The van der Waals surface area contributed by atoms with Gasteiger partial charge in [-0.2, -0.15) is 15.6 Å². The number of nitrogens with zero attached hydrogens (tertiary/aromatic N) is 5. The summed E-state index contributed by atoms with van der Waals surface area (Å²) in [5.41, 5.74) is 7.65. The Hall–Kier alpha value is -3.07. The summed E-state index contributed by atoms with van der Waals surface area (Å²) in [6.07, 6.45) is 3.22. The molecule has 0 radical (unpaired) electrons. The van der Waals surface area contributed by atoms with E-state index in [1.165, 1.54) is 0 Å². The largest absolute Gasteiger partial charge is 0.440 e. The minimum atomic E-state index is -0.724. The summed E-state index contributed by atoms with van der Waals surface area (Å²) in [5.74, 6) is 0.567. The predicted octanol–water partition coefficient (Wildman–Crippen LogP) is 3.85. The molecule has 3 heterocycles. The van der Waals surface area contributed by atoms with Crippen molar-refractivity contribution in [1.82, 2.24) is 0 Å². The lowest BCUT2D eigenvalue weighted by Crippen LogP contribution is -2.40. The third-order valence-electron chi connectivity index (χ3n) is 5.06. The molecular formula is C21H19BrN6O. The van der Waals surface area contributed by atoms with E-state index in [0.29, 0.717) is 11.5 Å². The summed E-state index contributed by atoms with van der Waals surface area (Å²) in [4.78, 5) is 2.17. The first kappa shape index (κ1) is 19.3. The van der Waals surface area contributed by atoms with Crippen LogP contribution < -0.4 is 15.6 Å². The van der Waals surface area contributed by atoms with E-state index in [2.05, 4.69) is 38.1 Å². The molecule has 0 saturated carbocycles. The van der Waals surface area contributed by atoms with Crippen LogP contribution in [0.25, 0.3) is 6.08 Å². The number of halogens is 1. The Kier molecular flexibility index (Phi) is 5.39. The summed E-state index contributed by atoms with van der Waals surface area (Å²) >= 11 is 3.54. The van der Waals surface area contributed by atoms with E-state index < -0.39 is 12.1 Å². The van der Waals surface area contributed by atoms with Crippen molar-refractivity contribution in [3.05, 3.63) is 52.2 Å². The standard InChI is InChI=1S/C21H19BrN6O/c22-18-11-16(29-21(18)27-8-4-5-9-27)10-14(12-23)19-17(13-24)20(25)28(26-19)15-6-2-1-3-7-15/h1-3,6-7,10-11,17,20H,4-5,8-9,25H2/b14-10-/t17-,20-/m0/s1. The van der Waals surface area contributed by atoms with E-state index in [-0.39, 0.29) is 5.57 Å². The summed E-state index contributed by atoms with van der Waals surface area (Å²) in [6.45, 7) is 1.90. The molecule has 1 fully saturated rings. The molecule has 1 aromatic heterocycles. The van der Waals surface area contributed by atoms with Gasteiger partial charge < -0.3 is 15.1 Å². The monoisotopic (exact) mass is 450 g/mol. The van der Waals surface area contributed by atoms with Gasteiger partial charge in [0.2, 0.25) is 5.88 Å². The Bertz CT molecular complexity index is 1040. The topological polar surface area (TPSA) is 106 Å². The fourth-order valence-corrected chi connectivity index (χ4v) is 4.16. The van der Waals surface area contributed by atoms with Crippen LogP contribution in [0.4, 0.5) is 11.6 Å². The van der Waals surface area contributed by atoms with Crippen LogP contribution in [-0.4, -0.2) is 25.0 Å². The van der Waals surface area contributed by atoms with Crippen LogP contribution in [0.5, 0.6) is 0 Å². The van der Waals surface area contributed by atoms with Crippen LogP contribution in [0.15, 0.2) is 56.0 Å². The zero-order valence-electron chi connectivity index (χ0n) is 15.6. The van der Waals surface area contributed by atoms with Gasteiger partial charge in [-0.1, -0.05) is 18.2 Å². The molecule has 146 valence electrons. The third-order valence-corrected chi connectivity index (χ3v) is 5.63. The molecule has 0 bridgehead atoms. The Morgan fingerprint density at radius 2 is 1.97 bits per heavy atom. The van der Waals surface area contributed by atoms with Gasteiger partial charge in [-0.25, -0.2) is 5.01 Å². The Labute approximate surface area is 177 Å². The van der Waals surface area contributed by atoms with Crippen molar-refractivity contribution in [3.8, 4) is 12.1 Å². The van der Waals surface area contributed by atoms with Crippen molar-refractivity contribution in [2.45, 2.75) is 19.0 Å². The lowest BCUT2D eigenvalue weighted by Gasteiger charge is -2.21. The minimum Gasteiger partial charge on any atom is -0.440 e. The van der Waals surface area contributed by atoms with Crippen molar-refractivity contribution in [2.75, 3.05) is 23.0 Å². The van der Waals surface area contributed by atoms with Crippen LogP contribution in [0.1, 0.15) is 18.6 Å². The van der Waals surface area contributed by atoms with Crippen LogP contribution in [0.3, 0.4) is 0 Å². The van der Waals surface area contributed by atoms with E-state index >= 15 is 0 Å². The summed E-state index contributed by atoms with van der Waals surface area (Å²) in [5, 5.41) is 25.5. The van der Waals surface area contributed by atoms with E-state index in [1.807, 2.05) is 36.4 Å². The van der Waals surface area contributed by atoms with E-state index in [9.17, 15) is 10.5 Å². The SMILES string of the molecule is N#C/C(=C/c1cc(Br)c(N2CCCC2)o1)C1=NN(c2ccccc2)[C@H](N)[C@H]1C#N. The number of allylic oxidation sites excluding steroid dienone is 1. The van der Waals surface area contributed by atoms with Crippen LogP contribution in [0.2, 0.25) is 0 Å². The van der Waals surface area contributed by atoms with Crippen molar-refractivity contribution >= 4 is 39.3 Å².